The number of ether oxygens (including phenoxy) is 1. The first-order chi connectivity index (χ1) is 13.5. The Kier molecular flexibility index (Phi) is 5.12. The van der Waals surface area contributed by atoms with Gasteiger partial charge >= 0.3 is 0 Å². The van der Waals surface area contributed by atoms with Crippen molar-refractivity contribution in [3.63, 3.8) is 0 Å². The second-order valence-corrected chi connectivity index (χ2v) is 8.39. The number of fused-ring (bicyclic) bond motifs is 1. The van der Waals surface area contributed by atoms with E-state index in [9.17, 15) is 13.2 Å². The Hall–Kier alpha value is -2.75. The van der Waals surface area contributed by atoms with Crippen LogP contribution in [0.3, 0.4) is 0 Å². The molecule has 8 nitrogen and oxygen atoms in total. The van der Waals surface area contributed by atoms with Gasteiger partial charge in [0.25, 0.3) is 5.91 Å². The lowest BCUT2D eigenvalue weighted by atomic mass is 10.2. The summed E-state index contributed by atoms with van der Waals surface area (Å²) >= 11 is 0. The van der Waals surface area contributed by atoms with Crippen molar-refractivity contribution in [3.05, 3.63) is 66.1 Å². The number of carbonyl (C=O) groups excluding carboxylic acids is 1. The first-order valence-electron chi connectivity index (χ1n) is 8.92. The maximum Gasteiger partial charge on any atom is 0.253 e. The zero-order valence-corrected chi connectivity index (χ0v) is 15.9. The van der Waals surface area contributed by atoms with Gasteiger partial charge in [-0.05, 0) is 29.8 Å². The Balaban J connectivity index is 1.40. The van der Waals surface area contributed by atoms with Crippen LogP contribution in [-0.2, 0) is 21.3 Å². The molecule has 1 aliphatic rings. The minimum absolute atomic E-state index is 0.208. The maximum absolute atomic E-state index is 12.6. The predicted molar refractivity (Wildman–Crippen MR) is 102 cm³/mol. The number of pyridine rings is 1. The van der Waals surface area contributed by atoms with E-state index >= 15 is 0 Å². The molecule has 3 aromatic rings. The Morgan fingerprint density at radius 3 is 2.61 bits per heavy atom. The molecular formula is C19H20N4O4S. The van der Waals surface area contributed by atoms with Gasteiger partial charge in [0, 0.05) is 38.2 Å². The number of hydrogen-bond donors (Lipinski definition) is 1. The van der Waals surface area contributed by atoms with Gasteiger partial charge in [-0.3, -0.25) is 4.79 Å². The molecule has 146 valence electrons. The average Bonchev–Trinajstić information content (AvgIpc) is 3.21. The lowest BCUT2D eigenvalue weighted by Crippen LogP contribution is -2.40. The fourth-order valence-corrected chi connectivity index (χ4v) is 4.46. The van der Waals surface area contributed by atoms with Crippen molar-refractivity contribution in [2.75, 3.05) is 26.3 Å². The van der Waals surface area contributed by atoms with Crippen molar-refractivity contribution < 1.29 is 17.9 Å². The fourth-order valence-electron chi connectivity index (χ4n) is 3.05. The Bertz CT molecular complexity index is 1090. The summed E-state index contributed by atoms with van der Waals surface area (Å²) in [6, 6.07) is 10.1. The summed E-state index contributed by atoms with van der Waals surface area (Å²) in [4.78, 5) is 16.7. The van der Waals surface area contributed by atoms with Crippen LogP contribution >= 0.6 is 0 Å². The fraction of sp³-hybridized carbons (Fsp3) is 0.263. The molecule has 1 N–H and O–H groups in total. The minimum atomic E-state index is -3.51. The average molecular weight is 400 g/mol. The monoisotopic (exact) mass is 400 g/mol. The number of amides is 1. The Morgan fingerprint density at radius 2 is 1.86 bits per heavy atom. The summed E-state index contributed by atoms with van der Waals surface area (Å²) in [5.74, 6) is -0.208. The highest BCUT2D eigenvalue weighted by Crippen LogP contribution is 2.17. The van der Waals surface area contributed by atoms with Gasteiger partial charge < -0.3 is 14.5 Å². The second kappa shape index (κ2) is 7.70. The number of imidazole rings is 1. The van der Waals surface area contributed by atoms with E-state index in [2.05, 4.69) is 10.3 Å². The van der Waals surface area contributed by atoms with E-state index in [0.717, 1.165) is 11.2 Å². The molecule has 1 amide bonds. The minimum Gasteiger partial charge on any atom is -0.379 e. The molecule has 1 aromatic carbocycles. The molecule has 0 saturated carbocycles. The van der Waals surface area contributed by atoms with E-state index in [-0.39, 0.29) is 10.8 Å². The van der Waals surface area contributed by atoms with E-state index in [1.54, 1.807) is 59.4 Å². The molecule has 3 heterocycles. The summed E-state index contributed by atoms with van der Waals surface area (Å²) < 4.78 is 33.7. The van der Waals surface area contributed by atoms with E-state index in [1.165, 1.54) is 4.31 Å². The number of carbonyl (C=O) groups is 1. The van der Waals surface area contributed by atoms with Gasteiger partial charge in [0.05, 0.1) is 23.7 Å². The number of benzene rings is 1. The van der Waals surface area contributed by atoms with Crippen LogP contribution in [0, 0.1) is 0 Å². The molecule has 0 bridgehead atoms. The summed E-state index contributed by atoms with van der Waals surface area (Å²) in [6.45, 7) is 1.85. The Morgan fingerprint density at radius 1 is 1.11 bits per heavy atom. The van der Waals surface area contributed by atoms with Gasteiger partial charge in [-0.1, -0.05) is 12.1 Å². The first-order valence-corrected chi connectivity index (χ1v) is 10.4. The number of hydrogen-bond acceptors (Lipinski definition) is 5. The zero-order valence-electron chi connectivity index (χ0n) is 15.1. The molecule has 2 aromatic heterocycles. The number of sulfonamides is 1. The second-order valence-electron chi connectivity index (χ2n) is 6.45. The molecule has 1 saturated heterocycles. The van der Waals surface area contributed by atoms with Gasteiger partial charge in [0.2, 0.25) is 10.0 Å². The van der Waals surface area contributed by atoms with E-state index < -0.39 is 10.0 Å². The van der Waals surface area contributed by atoms with Gasteiger partial charge in [-0.15, -0.1) is 0 Å². The van der Waals surface area contributed by atoms with Gasteiger partial charge in [0.1, 0.15) is 5.65 Å². The predicted octanol–water partition coefficient (Wildman–Crippen LogP) is 1.29. The zero-order chi connectivity index (χ0) is 19.6. The van der Waals surface area contributed by atoms with Crippen LogP contribution in [-0.4, -0.2) is 54.3 Å². The molecular weight excluding hydrogens is 380 g/mol. The number of morpholine rings is 1. The van der Waals surface area contributed by atoms with Crippen LogP contribution in [0.25, 0.3) is 5.65 Å². The molecule has 0 radical (unpaired) electrons. The van der Waals surface area contributed by atoms with Crippen molar-refractivity contribution >= 4 is 21.6 Å². The molecule has 28 heavy (non-hydrogen) atoms. The molecule has 0 atom stereocenters. The van der Waals surface area contributed by atoms with Gasteiger partial charge in [-0.25, -0.2) is 13.4 Å². The van der Waals surface area contributed by atoms with Gasteiger partial charge in [-0.2, -0.15) is 4.31 Å². The number of rotatable bonds is 5. The number of aromatic nitrogens is 2. The third-order valence-corrected chi connectivity index (χ3v) is 6.55. The largest absolute Gasteiger partial charge is 0.379 e. The van der Waals surface area contributed by atoms with Crippen LogP contribution in [0.1, 0.15) is 15.9 Å². The standard InChI is InChI=1S/C19H20N4O4S/c24-19(16-3-6-18-20-7-8-22(18)14-16)21-13-15-1-4-17(5-2-15)28(25,26)23-9-11-27-12-10-23/h1-8,14H,9-13H2,(H,21,24). The first kappa shape index (κ1) is 18.6. The lowest BCUT2D eigenvalue weighted by molar-refractivity contribution is 0.0730. The summed E-state index contributed by atoms with van der Waals surface area (Å²) in [5.41, 5.74) is 2.11. The smallest absolute Gasteiger partial charge is 0.253 e. The number of nitrogens with zero attached hydrogens (tertiary/aromatic N) is 3. The lowest BCUT2D eigenvalue weighted by Gasteiger charge is -2.26. The molecule has 1 fully saturated rings. The third kappa shape index (κ3) is 3.77. The Labute approximate surface area is 162 Å². The highest BCUT2D eigenvalue weighted by atomic mass is 32.2. The normalized spacial score (nSPS) is 15.6. The topological polar surface area (TPSA) is 93.0 Å². The highest BCUT2D eigenvalue weighted by Gasteiger charge is 2.26. The number of nitrogens with one attached hydrogen (secondary N) is 1. The van der Waals surface area contributed by atoms with E-state index in [4.69, 9.17) is 4.74 Å². The van der Waals surface area contributed by atoms with Crippen molar-refractivity contribution in [2.45, 2.75) is 11.4 Å². The molecule has 9 heteroatoms. The van der Waals surface area contributed by atoms with Gasteiger partial charge in [0.15, 0.2) is 0 Å². The van der Waals surface area contributed by atoms with Crippen molar-refractivity contribution in [1.82, 2.24) is 19.0 Å². The molecule has 0 unspecified atom stereocenters. The van der Waals surface area contributed by atoms with Crippen LogP contribution in [0.2, 0.25) is 0 Å². The van der Waals surface area contributed by atoms with Crippen LogP contribution in [0.4, 0.5) is 0 Å². The molecule has 0 spiro atoms. The van der Waals surface area contributed by atoms with E-state index in [1.807, 2.05) is 0 Å². The third-order valence-electron chi connectivity index (χ3n) is 4.64. The van der Waals surface area contributed by atoms with Crippen molar-refractivity contribution in [2.24, 2.45) is 0 Å². The molecule has 1 aliphatic heterocycles. The highest BCUT2D eigenvalue weighted by molar-refractivity contribution is 7.89. The van der Waals surface area contributed by atoms with Crippen LogP contribution in [0.5, 0.6) is 0 Å². The van der Waals surface area contributed by atoms with Crippen LogP contribution in [0.15, 0.2) is 59.9 Å². The SMILES string of the molecule is O=C(NCc1ccc(S(=O)(=O)N2CCOCC2)cc1)c1ccc2nccn2c1. The summed E-state index contributed by atoms with van der Waals surface area (Å²) in [5, 5.41) is 2.84. The summed E-state index contributed by atoms with van der Waals surface area (Å²) in [6.07, 6.45) is 5.17. The van der Waals surface area contributed by atoms with Crippen molar-refractivity contribution in [3.8, 4) is 0 Å². The van der Waals surface area contributed by atoms with Crippen LogP contribution < -0.4 is 5.32 Å². The quantitative estimate of drug-likeness (QED) is 0.697. The molecule has 4 rings (SSSR count). The maximum atomic E-state index is 12.6. The summed E-state index contributed by atoms with van der Waals surface area (Å²) in [7, 11) is -3.51. The van der Waals surface area contributed by atoms with Crippen molar-refractivity contribution in [1.29, 1.82) is 0 Å². The van der Waals surface area contributed by atoms with E-state index in [0.29, 0.717) is 38.4 Å². The molecule has 0 aliphatic carbocycles.